The van der Waals surface area contributed by atoms with Gasteiger partial charge in [0.25, 0.3) is 10.1 Å². The Morgan fingerprint density at radius 3 is 2.36 bits per heavy atom. The fraction of sp³-hybridized carbons (Fsp3) is 0.846. The van der Waals surface area contributed by atoms with Crippen molar-refractivity contribution in [3.8, 4) is 0 Å². The topological polar surface area (TPSA) is 108 Å². The molecule has 0 heterocycles. The van der Waals surface area contributed by atoms with Gasteiger partial charge in [0.2, 0.25) is 0 Å². The minimum absolute atomic E-state index is 0.0573. The van der Waals surface area contributed by atoms with Crippen molar-refractivity contribution < 1.29 is 31.7 Å². The maximum Gasteiger partial charge on any atom is 0.408 e. The molecular weight excluding hydrogens is 314 g/mol. The van der Waals surface area contributed by atoms with Crippen LogP contribution in [0.1, 0.15) is 33.6 Å². The summed E-state index contributed by atoms with van der Waals surface area (Å²) in [5, 5.41) is 2.53. The van der Waals surface area contributed by atoms with Gasteiger partial charge in [-0.2, -0.15) is 8.42 Å². The Bertz CT molecular complexity index is 537. The Hall–Kier alpha value is -1.35. The lowest BCUT2D eigenvalue weighted by Crippen LogP contribution is -2.47. The summed E-state index contributed by atoms with van der Waals surface area (Å²) in [6.45, 7) is 5.07. The highest BCUT2D eigenvalue weighted by Crippen LogP contribution is 2.47. The van der Waals surface area contributed by atoms with Gasteiger partial charge in [0.15, 0.2) is 0 Å². The van der Waals surface area contributed by atoms with E-state index in [1.54, 1.807) is 20.8 Å². The number of carbonyl (C=O) groups excluding carboxylic acids is 2. The van der Waals surface area contributed by atoms with E-state index in [2.05, 4.69) is 9.50 Å². The summed E-state index contributed by atoms with van der Waals surface area (Å²) >= 11 is 0. The molecule has 0 aliphatic heterocycles. The Balaban J connectivity index is 2.64. The van der Waals surface area contributed by atoms with E-state index in [1.807, 2.05) is 0 Å². The number of carbonyl (C=O) groups is 2. The van der Waals surface area contributed by atoms with Crippen LogP contribution in [-0.4, -0.2) is 51.6 Å². The lowest BCUT2D eigenvalue weighted by molar-refractivity contribution is -0.144. The number of methoxy groups -OCH3 is 1. The van der Waals surface area contributed by atoms with Crippen LogP contribution in [0.5, 0.6) is 0 Å². The lowest BCUT2D eigenvalue weighted by atomic mass is 10.1. The van der Waals surface area contributed by atoms with E-state index in [-0.39, 0.29) is 12.5 Å². The molecule has 1 aliphatic rings. The van der Waals surface area contributed by atoms with Gasteiger partial charge in [-0.3, -0.25) is 4.18 Å². The second-order valence-corrected chi connectivity index (χ2v) is 7.95. The van der Waals surface area contributed by atoms with E-state index < -0.39 is 33.3 Å². The van der Waals surface area contributed by atoms with Crippen LogP contribution in [0.4, 0.5) is 4.79 Å². The van der Waals surface area contributed by atoms with Crippen molar-refractivity contribution in [2.75, 3.05) is 20.0 Å². The third kappa shape index (κ3) is 5.45. The molecule has 1 saturated carbocycles. The highest BCUT2D eigenvalue weighted by molar-refractivity contribution is 7.85. The molecule has 1 aliphatic carbocycles. The molecule has 1 amide bonds. The van der Waals surface area contributed by atoms with Crippen molar-refractivity contribution in [3.63, 3.8) is 0 Å². The molecule has 2 atom stereocenters. The summed E-state index contributed by atoms with van der Waals surface area (Å²) in [5.41, 5.74) is -1.86. The predicted molar refractivity (Wildman–Crippen MR) is 77.6 cm³/mol. The predicted octanol–water partition coefficient (Wildman–Crippen LogP) is 0.809. The molecule has 9 heteroatoms. The van der Waals surface area contributed by atoms with Gasteiger partial charge < -0.3 is 14.8 Å². The zero-order chi connectivity index (χ0) is 17.2. The van der Waals surface area contributed by atoms with E-state index >= 15 is 0 Å². The van der Waals surface area contributed by atoms with E-state index in [0.29, 0.717) is 12.8 Å². The van der Waals surface area contributed by atoms with E-state index in [1.165, 1.54) is 7.11 Å². The van der Waals surface area contributed by atoms with Gasteiger partial charge in [0, 0.05) is 0 Å². The zero-order valence-corrected chi connectivity index (χ0v) is 14.3. The number of hydrogen-bond donors (Lipinski definition) is 1. The number of alkyl carbamates (subject to hydrolysis) is 1. The monoisotopic (exact) mass is 337 g/mol. The second kappa shape index (κ2) is 6.41. The van der Waals surface area contributed by atoms with Crippen LogP contribution in [0.3, 0.4) is 0 Å². The van der Waals surface area contributed by atoms with Crippen molar-refractivity contribution in [1.29, 1.82) is 0 Å². The SMILES string of the molecule is COC(=O)[C@@]1(NC(=O)OC(C)(C)C)C[C@H]1CCOS(C)(=O)=O. The minimum atomic E-state index is -3.53. The molecule has 22 heavy (non-hydrogen) atoms. The van der Waals surface area contributed by atoms with Crippen LogP contribution in [0.15, 0.2) is 0 Å². The van der Waals surface area contributed by atoms with Crippen LogP contribution in [0.2, 0.25) is 0 Å². The number of ether oxygens (including phenoxy) is 2. The first-order chi connectivity index (χ1) is 9.89. The van der Waals surface area contributed by atoms with Gasteiger partial charge in [-0.05, 0) is 39.5 Å². The number of nitrogens with one attached hydrogen (secondary N) is 1. The molecule has 128 valence electrons. The first-order valence-corrected chi connectivity index (χ1v) is 8.65. The van der Waals surface area contributed by atoms with Crippen molar-refractivity contribution in [1.82, 2.24) is 5.32 Å². The molecule has 8 nitrogen and oxygen atoms in total. The number of rotatable bonds is 6. The van der Waals surface area contributed by atoms with Gasteiger partial charge in [-0.25, -0.2) is 9.59 Å². The van der Waals surface area contributed by atoms with Crippen molar-refractivity contribution in [2.45, 2.75) is 44.8 Å². The lowest BCUT2D eigenvalue weighted by Gasteiger charge is -2.23. The molecule has 0 aromatic rings. The van der Waals surface area contributed by atoms with E-state index in [4.69, 9.17) is 9.47 Å². The van der Waals surface area contributed by atoms with Crippen LogP contribution in [-0.2, 0) is 28.6 Å². The van der Waals surface area contributed by atoms with Gasteiger partial charge in [0.1, 0.15) is 11.1 Å². The van der Waals surface area contributed by atoms with E-state index in [0.717, 1.165) is 6.26 Å². The second-order valence-electron chi connectivity index (χ2n) is 6.31. The fourth-order valence-corrected chi connectivity index (χ4v) is 2.54. The van der Waals surface area contributed by atoms with Crippen LogP contribution < -0.4 is 5.32 Å². The third-order valence-corrected chi connectivity index (χ3v) is 3.74. The summed E-state index contributed by atoms with van der Waals surface area (Å²) in [6.07, 6.45) is 0.889. The first-order valence-electron chi connectivity index (χ1n) is 6.83. The quantitative estimate of drug-likeness (QED) is 0.564. The van der Waals surface area contributed by atoms with E-state index in [9.17, 15) is 18.0 Å². The molecule has 0 spiro atoms. The minimum Gasteiger partial charge on any atom is -0.467 e. The smallest absolute Gasteiger partial charge is 0.408 e. The molecule has 0 unspecified atom stereocenters. The van der Waals surface area contributed by atoms with Crippen molar-refractivity contribution in [2.24, 2.45) is 5.92 Å². The molecule has 0 bridgehead atoms. The molecular formula is C13H23NO7S. The van der Waals surface area contributed by atoms with Gasteiger partial charge in [0.05, 0.1) is 20.0 Å². The standard InChI is InChI=1S/C13H23NO7S/c1-12(2,3)21-11(16)14-13(10(15)19-4)8-9(13)6-7-20-22(5,17)18/h9H,6-8H2,1-5H3,(H,14,16)/t9-,13-/m1/s1. The number of esters is 1. The maximum absolute atomic E-state index is 11.9. The van der Waals surface area contributed by atoms with Gasteiger partial charge in [-0.15, -0.1) is 0 Å². The fourth-order valence-electron chi connectivity index (χ4n) is 2.14. The molecule has 0 radical (unpaired) electrons. The molecule has 0 aromatic carbocycles. The third-order valence-electron chi connectivity index (χ3n) is 3.14. The summed E-state index contributed by atoms with van der Waals surface area (Å²) in [4.78, 5) is 23.8. The largest absolute Gasteiger partial charge is 0.467 e. The van der Waals surface area contributed by atoms with Crippen LogP contribution in [0.25, 0.3) is 0 Å². The van der Waals surface area contributed by atoms with Gasteiger partial charge in [-0.1, -0.05) is 0 Å². The molecule has 1 rings (SSSR count). The molecule has 0 aromatic heterocycles. The average molecular weight is 337 g/mol. The Morgan fingerprint density at radius 1 is 1.32 bits per heavy atom. The number of hydrogen-bond acceptors (Lipinski definition) is 7. The Morgan fingerprint density at radius 2 is 1.91 bits per heavy atom. The van der Waals surface area contributed by atoms with Crippen LogP contribution >= 0.6 is 0 Å². The maximum atomic E-state index is 11.9. The zero-order valence-electron chi connectivity index (χ0n) is 13.5. The van der Waals surface area contributed by atoms with Crippen molar-refractivity contribution >= 4 is 22.2 Å². The van der Waals surface area contributed by atoms with Crippen LogP contribution in [0, 0.1) is 5.92 Å². The Labute approximate surface area is 130 Å². The highest BCUT2D eigenvalue weighted by Gasteiger charge is 2.62. The first kappa shape index (κ1) is 18.7. The Kier molecular flexibility index (Phi) is 5.45. The molecule has 1 fully saturated rings. The number of amides is 1. The summed E-state index contributed by atoms with van der Waals surface area (Å²) in [5.74, 6) is -0.836. The van der Waals surface area contributed by atoms with Crippen molar-refractivity contribution in [3.05, 3.63) is 0 Å². The molecule has 1 N–H and O–H groups in total. The summed E-state index contributed by atoms with van der Waals surface area (Å²) in [6, 6.07) is 0. The average Bonchev–Trinajstić information content (AvgIpc) is 2.98. The van der Waals surface area contributed by atoms with Gasteiger partial charge >= 0.3 is 12.1 Å². The summed E-state index contributed by atoms with van der Waals surface area (Å²) in [7, 11) is -2.30. The summed E-state index contributed by atoms with van der Waals surface area (Å²) < 4.78 is 36.3. The normalized spacial score (nSPS) is 24.5. The highest BCUT2D eigenvalue weighted by atomic mass is 32.2. The molecule has 0 saturated heterocycles.